The summed E-state index contributed by atoms with van der Waals surface area (Å²) in [5.74, 6) is -0.307. The van der Waals surface area contributed by atoms with Crippen molar-refractivity contribution in [2.24, 2.45) is 5.73 Å². The maximum absolute atomic E-state index is 12.5. The summed E-state index contributed by atoms with van der Waals surface area (Å²) in [5.41, 5.74) is 13.4. The predicted molar refractivity (Wildman–Crippen MR) is 154 cm³/mol. The van der Waals surface area contributed by atoms with Crippen LogP contribution in [0.15, 0.2) is 78.9 Å². The van der Waals surface area contributed by atoms with Gasteiger partial charge in [0, 0.05) is 39.0 Å². The molecule has 3 unspecified atom stereocenters. The molecule has 1 heterocycles. The Bertz CT molecular complexity index is 1220. The highest BCUT2D eigenvalue weighted by molar-refractivity contribution is 5.96. The van der Waals surface area contributed by atoms with Crippen LogP contribution in [0.1, 0.15) is 65.8 Å². The molecule has 3 N–H and O–H groups in total. The summed E-state index contributed by atoms with van der Waals surface area (Å²) in [4.78, 5) is 16.8. The Morgan fingerprint density at radius 3 is 1.94 bits per heavy atom. The average molecular weight is 487 g/mol. The van der Waals surface area contributed by atoms with E-state index in [9.17, 15) is 4.79 Å². The van der Waals surface area contributed by atoms with Crippen molar-refractivity contribution in [1.29, 1.82) is 0 Å². The van der Waals surface area contributed by atoms with Gasteiger partial charge < -0.3 is 20.9 Å². The van der Waals surface area contributed by atoms with Crippen molar-refractivity contribution in [1.82, 2.24) is 9.80 Å². The molecule has 4 rings (SSSR count). The molecule has 5 heteroatoms. The summed E-state index contributed by atoms with van der Waals surface area (Å²) < 4.78 is 0. The van der Waals surface area contributed by atoms with Crippen LogP contribution < -0.4 is 11.1 Å². The molecule has 1 amide bonds. The van der Waals surface area contributed by atoms with E-state index in [-0.39, 0.29) is 20.7 Å². The van der Waals surface area contributed by atoms with E-state index < -0.39 is 5.91 Å². The smallest absolute Gasteiger partial charge is 0.249 e. The summed E-state index contributed by atoms with van der Waals surface area (Å²) in [7, 11) is 8.34. The topological polar surface area (TPSA) is 61.6 Å². The lowest BCUT2D eigenvalue weighted by atomic mass is 9.70. The Kier molecular flexibility index (Phi) is 7.92. The number of hydrogen-bond donors (Lipinski definition) is 2. The number of nitrogens with two attached hydrogens (primary N) is 1. The van der Waals surface area contributed by atoms with E-state index in [1.165, 1.54) is 22.3 Å². The molecule has 36 heavy (non-hydrogen) atoms. The van der Waals surface area contributed by atoms with Gasteiger partial charge in [0.25, 0.3) is 0 Å². The van der Waals surface area contributed by atoms with Crippen LogP contribution in [0.4, 0.5) is 5.69 Å². The number of allylic oxidation sites excluding steroid dienone is 2. The molecule has 0 fully saturated rings. The fourth-order valence-electron chi connectivity index (χ4n) is 5.43. The Morgan fingerprint density at radius 2 is 1.44 bits per heavy atom. The van der Waals surface area contributed by atoms with Gasteiger partial charge in [0.1, 0.15) is 0 Å². The second-order valence-electron chi connectivity index (χ2n) is 10.3. The second-order valence-corrected chi connectivity index (χ2v) is 10.3. The molecule has 0 radical (unpaired) electrons. The third kappa shape index (κ3) is 5.53. The van der Waals surface area contributed by atoms with Crippen molar-refractivity contribution in [2.45, 2.75) is 37.9 Å². The zero-order valence-corrected chi connectivity index (χ0v) is 22.0. The minimum Gasteiger partial charge on any atom is -0.377 e. The Hall–Kier alpha value is -3.41. The molecule has 0 aromatic heterocycles. The number of fused-ring (bicyclic) bond motifs is 1. The largest absolute Gasteiger partial charge is 0.377 e. The third-order valence-electron chi connectivity index (χ3n) is 6.86. The van der Waals surface area contributed by atoms with Crippen LogP contribution in [-0.2, 0) is 13.1 Å². The fraction of sp³-hybridized carbons (Fsp3) is 0.323. The highest BCUT2D eigenvalue weighted by Gasteiger charge is 2.39. The quantitative estimate of drug-likeness (QED) is 0.383. The highest BCUT2D eigenvalue weighted by atomic mass is 16.1. The lowest BCUT2D eigenvalue weighted by Gasteiger charge is -2.41. The molecule has 5 nitrogen and oxygen atoms in total. The zero-order valence-electron chi connectivity index (χ0n) is 22.0. The molecule has 3 aromatic rings. The maximum atomic E-state index is 12.5. The SMILES string of the molecule is CC=CC1c2c(cccc2C(N)=O)NC(c2ccc(CN(C)C)cc2)C1c1ccc(CN(C)C)cc1.[HH].[HH]. The summed E-state index contributed by atoms with van der Waals surface area (Å²) in [6.07, 6.45) is 4.31. The van der Waals surface area contributed by atoms with E-state index >= 15 is 0 Å². The molecule has 192 valence electrons. The van der Waals surface area contributed by atoms with Crippen molar-refractivity contribution in [3.05, 3.63) is 112 Å². The first-order chi connectivity index (χ1) is 17.3. The van der Waals surface area contributed by atoms with Gasteiger partial charge in [-0.05, 0) is 75.1 Å². The van der Waals surface area contributed by atoms with Crippen LogP contribution in [0.25, 0.3) is 0 Å². The number of nitrogens with zero attached hydrogens (tertiary/aromatic N) is 2. The van der Waals surface area contributed by atoms with E-state index in [1.54, 1.807) is 0 Å². The number of rotatable bonds is 8. The number of amides is 1. The average Bonchev–Trinajstić information content (AvgIpc) is 2.84. The lowest BCUT2D eigenvalue weighted by Crippen LogP contribution is -2.31. The number of hydrogen-bond acceptors (Lipinski definition) is 4. The minimum atomic E-state index is -0.394. The van der Waals surface area contributed by atoms with Crippen molar-refractivity contribution in [3.8, 4) is 0 Å². The molecule has 3 aromatic carbocycles. The molecular weight excluding hydrogens is 444 g/mol. The Labute approximate surface area is 218 Å². The van der Waals surface area contributed by atoms with Crippen LogP contribution in [-0.4, -0.2) is 43.9 Å². The second kappa shape index (κ2) is 11.1. The van der Waals surface area contributed by atoms with Crippen LogP contribution in [0, 0.1) is 0 Å². The van der Waals surface area contributed by atoms with Gasteiger partial charge in [-0.1, -0.05) is 66.7 Å². The number of carbonyl (C=O) groups excluding carboxylic acids is 1. The van der Waals surface area contributed by atoms with Gasteiger partial charge in [-0.15, -0.1) is 0 Å². The first-order valence-electron chi connectivity index (χ1n) is 12.6. The molecule has 1 aliphatic heterocycles. The Morgan fingerprint density at radius 1 is 0.889 bits per heavy atom. The van der Waals surface area contributed by atoms with Gasteiger partial charge >= 0.3 is 0 Å². The molecule has 0 aliphatic carbocycles. The normalized spacial score (nSPS) is 19.5. The van der Waals surface area contributed by atoms with Gasteiger partial charge in [0.2, 0.25) is 5.91 Å². The first kappa shape index (κ1) is 25.7. The van der Waals surface area contributed by atoms with E-state index in [4.69, 9.17) is 5.73 Å². The van der Waals surface area contributed by atoms with Crippen molar-refractivity contribution < 1.29 is 7.65 Å². The fourth-order valence-corrected chi connectivity index (χ4v) is 5.43. The molecule has 0 saturated carbocycles. The number of nitrogens with one attached hydrogen (secondary N) is 1. The Balaban J connectivity index is 0.00000253. The van der Waals surface area contributed by atoms with Gasteiger partial charge in [-0.3, -0.25) is 4.79 Å². The standard InChI is InChI=1S/C31H38N4O.2H2/c1-6-8-25-28(23-15-11-21(12-16-23)19-34(2)3)30(24-17-13-22(14-18-24)20-35(4)5)33-27-10-7-9-26(29(25)27)31(32)36;;/h6-18,25,28,30,33H,19-20H2,1-5H3,(H2,32,36);2*1H. The van der Waals surface area contributed by atoms with Crippen LogP contribution in [0.2, 0.25) is 0 Å². The van der Waals surface area contributed by atoms with E-state index in [1.807, 2.05) is 19.1 Å². The zero-order chi connectivity index (χ0) is 25.8. The van der Waals surface area contributed by atoms with Crippen molar-refractivity contribution in [3.63, 3.8) is 0 Å². The lowest BCUT2D eigenvalue weighted by molar-refractivity contribution is 0.0999. The van der Waals surface area contributed by atoms with Gasteiger partial charge in [0.05, 0.1) is 6.04 Å². The number of benzene rings is 3. The molecule has 0 saturated heterocycles. The summed E-state index contributed by atoms with van der Waals surface area (Å²) in [5, 5.41) is 3.79. The highest BCUT2D eigenvalue weighted by Crippen LogP contribution is 2.51. The molecule has 0 bridgehead atoms. The maximum Gasteiger partial charge on any atom is 0.249 e. The van der Waals surface area contributed by atoms with Gasteiger partial charge in [-0.2, -0.15) is 0 Å². The molecule has 3 atom stereocenters. The molecule has 0 spiro atoms. The first-order valence-corrected chi connectivity index (χ1v) is 12.6. The molecule has 1 aliphatic rings. The van der Waals surface area contributed by atoms with E-state index in [0.717, 1.165) is 24.3 Å². The third-order valence-corrected chi connectivity index (χ3v) is 6.86. The number of carbonyl (C=O) groups is 1. The number of primary amides is 1. The van der Waals surface area contributed by atoms with Gasteiger partial charge in [0.15, 0.2) is 0 Å². The molecular formula is C31H42N4O. The van der Waals surface area contributed by atoms with Crippen molar-refractivity contribution in [2.75, 3.05) is 33.5 Å². The van der Waals surface area contributed by atoms with Gasteiger partial charge in [-0.25, -0.2) is 0 Å². The summed E-state index contributed by atoms with van der Waals surface area (Å²) in [6, 6.07) is 23.7. The van der Waals surface area contributed by atoms with E-state index in [0.29, 0.717) is 5.56 Å². The van der Waals surface area contributed by atoms with Crippen LogP contribution in [0.3, 0.4) is 0 Å². The van der Waals surface area contributed by atoms with Crippen LogP contribution in [0.5, 0.6) is 0 Å². The monoisotopic (exact) mass is 486 g/mol. The van der Waals surface area contributed by atoms with Crippen molar-refractivity contribution >= 4 is 11.6 Å². The minimum absolute atomic E-state index is 0. The predicted octanol–water partition coefficient (Wildman–Crippen LogP) is 6.01. The van der Waals surface area contributed by atoms with E-state index in [2.05, 4.69) is 110 Å². The van der Waals surface area contributed by atoms with Crippen LogP contribution >= 0.6 is 0 Å². The summed E-state index contributed by atoms with van der Waals surface area (Å²) >= 11 is 0. The number of anilines is 1. The summed E-state index contributed by atoms with van der Waals surface area (Å²) in [6.45, 7) is 3.84.